The number of rotatable bonds is 5. The summed E-state index contributed by atoms with van der Waals surface area (Å²) in [7, 11) is 0. The van der Waals surface area contributed by atoms with Crippen LogP contribution < -0.4 is 5.32 Å². The van der Waals surface area contributed by atoms with Gasteiger partial charge in [-0.25, -0.2) is 14.2 Å². The van der Waals surface area contributed by atoms with Crippen molar-refractivity contribution < 1.29 is 23.1 Å². The molecule has 0 saturated carbocycles. The van der Waals surface area contributed by atoms with Crippen molar-refractivity contribution in [1.29, 1.82) is 0 Å². The standard InChI is InChI=1S/C19H14ClFN2O4/c1-11(18(24)23-14-7-4-10-22-17(14)20)26-19(25)16-9-8-15(27-16)12-5-2-3-6-13(12)21/h2-11H,1H3,(H,23,24)/t11-/m1/s1. The quantitative estimate of drug-likeness (QED) is 0.520. The van der Waals surface area contributed by atoms with Crippen LogP contribution in [0.3, 0.4) is 0 Å². The zero-order valence-electron chi connectivity index (χ0n) is 14.1. The van der Waals surface area contributed by atoms with E-state index in [9.17, 15) is 14.0 Å². The van der Waals surface area contributed by atoms with Gasteiger partial charge in [0.2, 0.25) is 5.76 Å². The van der Waals surface area contributed by atoms with Crippen LogP contribution in [0, 0.1) is 5.82 Å². The minimum absolute atomic E-state index is 0.116. The fraction of sp³-hybridized carbons (Fsp3) is 0.105. The van der Waals surface area contributed by atoms with E-state index < -0.39 is 23.8 Å². The molecule has 0 unspecified atom stereocenters. The number of amides is 1. The minimum Gasteiger partial charge on any atom is -0.449 e. The van der Waals surface area contributed by atoms with Crippen LogP contribution in [0.5, 0.6) is 0 Å². The predicted octanol–water partition coefficient (Wildman–Crippen LogP) is 4.32. The third-order valence-corrected chi connectivity index (χ3v) is 3.92. The highest BCUT2D eigenvalue weighted by Gasteiger charge is 2.22. The molecule has 0 fully saturated rings. The van der Waals surface area contributed by atoms with Gasteiger partial charge in [0.25, 0.3) is 5.91 Å². The number of anilines is 1. The number of aromatic nitrogens is 1. The molecule has 0 aliphatic carbocycles. The van der Waals surface area contributed by atoms with E-state index >= 15 is 0 Å². The lowest BCUT2D eigenvalue weighted by Crippen LogP contribution is -2.30. The Morgan fingerprint density at radius 1 is 1.19 bits per heavy atom. The Kier molecular flexibility index (Phi) is 5.52. The van der Waals surface area contributed by atoms with Gasteiger partial charge in [-0.05, 0) is 43.3 Å². The second-order valence-electron chi connectivity index (χ2n) is 5.52. The van der Waals surface area contributed by atoms with Gasteiger partial charge in [-0.15, -0.1) is 0 Å². The van der Waals surface area contributed by atoms with E-state index in [0.717, 1.165) is 0 Å². The molecule has 3 aromatic rings. The first-order valence-corrected chi connectivity index (χ1v) is 8.30. The highest BCUT2D eigenvalue weighted by atomic mass is 35.5. The number of hydrogen-bond donors (Lipinski definition) is 1. The van der Waals surface area contributed by atoms with Gasteiger partial charge >= 0.3 is 5.97 Å². The SMILES string of the molecule is C[C@@H](OC(=O)c1ccc(-c2ccccc2F)o1)C(=O)Nc1cccnc1Cl. The van der Waals surface area contributed by atoms with Crippen molar-refractivity contribution in [2.45, 2.75) is 13.0 Å². The topological polar surface area (TPSA) is 81.4 Å². The Bertz CT molecular complexity index is 989. The highest BCUT2D eigenvalue weighted by molar-refractivity contribution is 6.32. The van der Waals surface area contributed by atoms with Crippen molar-refractivity contribution in [2.24, 2.45) is 0 Å². The minimum atomic E-state index is -1.12. The summed E-state index contributed by atoms with van der Waals surface area (Å²) < 4.78 is 24.2. The van der Waals surface area contributed by atoms with Crippen molar-refractivity contribution in [3.63, 3.8) is 0 Å². The molecule has 1 aromatic carbocycles. The average molecular weight is 389 g/mol. The molecule has 3 rings (SSSR count). The lowest BCUT2D eigenvalue weighted by molar-refractivity contribution is -0.123. The van der Waals surface area contributed by atoms with Crippen LogP contribution in [0.2, 0.25) is 5.15 Å². The average Bonchev–Trinajstić information content (AvgIpc) is 3.14. The maximum atomic E-state index is 13.8. The first-order valence-electron chi connectivity index (χ1n) is 7.93. The van der Waals surface area contributed by atoms with E-state index in [-0.39, 0.29) is 22.2 Å². The Morgan fingerprint density at radius 3 is 2.70 bits per heavy atom. The normalized spacial score (nSPS) is 11.7. The second kappa shape index (κ2) is 8.01. The van der Waals surface area contributed by atoms with Crippen molar-refractivity contribution in [3.8, 4) is 11.3 Å². The maximum absolute atomic E-state index is 13.8. The van der Waals surface area contributed by atoms with Gasteiger partial charge in [0, 0.05) is 6.20 Å². The smallest absolute Gasteiger partial charge is 0.375 e. The highest BCUT2D eigenvalue weighted by Crippen LogP contribution is 2.25. The van der Waals surface area contributed by atoms with Gasteiger partial charge in [0.1, 0.15) is 11.6 Å². The number of benzene rings is 1. The number of hydrogen-bond acceptors (Lipinski definition) is 5. The number of nitrogens with zero attached hydrogens (tertiary/aromatic N) is 1. The molecule has 1 atom stereocenters. The van der Waals surface area contributed by atoms with Crippen molar-refractivity contribution in [2.75, 3.05) is 5.32 Å². The van der Waals surface area contributed by atoms with Gasteiger partial charge < -0.3 is 14.5 Å². The first-order chi connectivity index (χ1) is 13.0. The Balaban J connectivity index is 1.66. The molecule has 1 amide bonds. The van der Waals surface area contributed by atoms with Crippen LogP contribution in [-0.2, 0) is 9.53 Å². The third-order valence-electron chi connectivity index (χ3n) is 3.62. The molecule has 0 saturated heterocycles. The molecule has 27 heavy (non-hydrogen) atoms. The number of halogens is 2. The summed E-state index contributed by atoms with van der Waals surface area (Å²) in [6.07, 6.45) is 0.363. The largest absolute Gasteiger partial charge is 0.449 e. The second-order valence-corrected chi connectivity index (χ2v) is 5.88. The lowest BCUT2D eigenvalue weighted by Gasteiger charge is -2.13. The zero-order chi connectivity index (χ0) is 19.4. The van der Waals surface area contributed by atoms with Gasteiger partial charge in [0.05, 0.1) is 11.3 Å². The zero-order valence-corrected chi connectivity index (χ0v) is 14.9. The van der Waals surface area contributed by atoms with Crippen LogP contribution >= 0.6 is 11.6 Å². The molecular weight excluding hydrogens is 375 g/mol. The molecule has 0 aliphatic heterocycles. The molecular formula is C19H14ClFN2O4. The number of pyridine rings is 1. The van der Waals surface area contributed by atoms with E-state index in [1.807, 2.05) is 0 Å². The van der Waals surface area contributed by atoms with Crippen LogP contribution in [0.15, 0.2) is 59.1 Å². The van der Waals surface area contributed by atoms with Crippen molar-refractivity contribution >= 4 is 29.2 Å². The number of esters is 1. The summed E-state index contributed by atoms with van der Waals surface area (Å²) in [6.45, 7) is 1.40. The predicted molar refractivity (Wildman–Crippen MR) is 96.9 cm³/mol. The summed E-state index contributed by atoms with van der Waals surface area (Å²) in [5, 5.41) is 2.63. The fourth-order valence-corrected chi connectivity index (χ4v) is 2.41. The van der Waals surface area contributed by atoms with Gasteiger partial charge in [-0.1, -0.05) is 23.7 Å². The molecule has 0 radical (unpaired) electrons. The summed E-state index contributed by atoms with van der Waals surface area (Å²) in [6, 6.07) is 12.0. The molecule has 8 heteroatoms. The number of nitrogens with one attached hydrogen (secondary N) is 1. The van der Waals surface area contributed by atoms with E-state index in [4.69, 9.17) is 20.8 Å². The molecule has 0 aliphatic rings. The monoisotopic (exact) mass is 388 g/mol. The van der Waals surface area contributed by atoms with Crippen LogP contribution in [0.1, 0.15) is 17.5 Å². The molecule has 0 spiro atoms. The van der Waals surface area contributed by atoms with Gasteiger partial charge in [0.15, 0.2) is 11.3 Å². The Morgan fingerprint density at radius 2 is 1.96 bits per heavy atom. The third kappa shape index (κ3) is 4.32. The Labute approximate surface area is 158 Å². The van der Waals surface area contributed by atoms with Crippen LogP contribution in [0.4, 0.5) is 10.1 Å². The van der Waals surface area contributed by atoms with E-state index in [1.54, 1.807) is 24.3 Å². The molecule has 2 heterocycles. The molecule has 2 aromatic heterocycles. The van der Waals surface area contributed by atoms with Crippen LogP contribution in [0.25, 0.3) is 11.3 Å². The maximum Gasteiger partial charge on any atom is 0.375 e. The molecule has 1 N–H and O–H groups in total. The summed E-state index contributed by atoms with van der Waals surface area (Å²) in [4.78, 5) is 28.2. The fourth-order valence-electron chi connectivity index (χ4n) is 2.24. The lowest BCUT2D eigenvalue weighted by atomic mass is 10.1. The van der Waals surface area contributed by atoms with Crippen molar-refractivity contribution in [1.82, 2.24) is 4.98 Å². The number of furan rings is 1. The Hall–Kier alpha value is -3.19. The van der Waals surface area contributed by atoms with Gasteiger partial charge in [-0.2, -0.15) is 0 Å². The van der Waals surface area contributed by atoms with Crippen molar-refractivity contribution in [3.05, 3.63) is 71.5 Å². The van der Waals surface area contributed by atoms with E-state index in [0.29, 0.717) is 5.69 Å². The molecule has 138 valence electrons. The van der Waals surface area contributed by atoms with Crippen LogP contribution in [-0.4, -0.2) is 23.0 Å². The number of ether oxygens (including phenoxy) is 1. The summed E-state index contributed by atoms with van der Waals surface area (Å²) in [5.74, 6) is -1.88. The first kappa shape index (κ1) is 18.6. The van der Waals surface area contributed by atoms with E-state index in [2.05, 4.69) is 10.3 Å². The molecule has 6 nitrogen and oxygen atoms in total. The van der Waals surface area contributed by atoms with Gasteiger partial charge in [-0.3, -0.25) is 4.79 Å². The molecule has 0 bridgehead atoms. The summed E-state index contributed by atoms with van der Waals surface area (Å²) in [5.41, 5.74) is 0.514. The number of carbonyl (C=O) groups is 2. The number of carbonyl (C=O) groups excluding carboxylic acids is 2. The van der Waals surface area contributed by atoms with E-state index in [1.165, 1.54) is 37.4 Å². The summed E-state index contributed by atoms with van der Waals surface area (Å²) >= 11 is 5.87.